The molecular weight excluding hydrogens is 262 g/mol. The summed E-state index contributed by atoms with van der Waals surface area (Å²) in [6.07, 6.45) is 4.40. The highest BCUT2D eigenvalue weighted by Crippen LogP contribution is 2.27. The van der Waals surface area contributed by atoms with Crippen LogP contribution in [0.4, 0.5) is 5.69 Å². The summed E-state index contributed by atoms with van der Waals surface area (Å²) >= 11 is 0. The fourth-order valence-electron chi connectivity index (χ4n) is 3.38. The third-order valence-electron chi connectivity index (χ3n) is 4.38. The van der Waals surface area contributed by atoms with Gasteiger partial charge in [-0.1, -0.05) is 12.8 Å². The summed E-state index contributed by atoms with van der Waals surface area (Å²) in [5.41, 5.74) is 2.93. The first-order valence-electron chi connectivity index (χ1n) is 7.85. The molecule has 1 saturated carbocycles. The number of imidazole rings is 1. The van der Waals surface area contributed by atoms with Gasteiger partial charge in [0, 0.05) is 17.6 Å². The number of aryl methyl sites for hydroxylation is 1. The van der Waals surface area contributed by atoms with Gasteiger partial charge in [0.2, 0.25) is 5.91 Å². The molecule has 1 aliphatic carbocycles. The van der Waals surface area contributed by atoms with Crippen LogP contribution < -0.4 is 5.32 Å². The van der Waals surface area contributed by atoms with Gasteiger partial charge in [0.05, 0.1) is 11.0 Å². The van der Waals surface area contributed by atoms with Crippen molar-refractivity contribution >= 4 is 22.6 Å². The Morgan fingerprint density at radius 1 is 1.33 bits per heavy atom. The molecule has 1 aromatic heterocycles. The Hall–Kier alpha value is -1.84. The van der Waals surface area contributed by atoms with Crippen molar-refractivity contribution in [3.8, 4) is 0 Å². The molecule has 0 atom stereocenters. The molecule has 21 heavy (non-hydrogen) atoms. The van der Waals surface area contributed by atoms with Gasteiger partial charge < -0.3 is 9.88 Å². The van der Waals surface area contributed by atoms with Crippen LogP contribution in [0.5, 0.6) is 0 Å². The van der Waals surface area contributed by atoms with Crippen LogP contribution in [0.15, 0.2) is 18.2 Å². The summed E-state index contributed by atoms with van der Waals surface area (Å²) in [6.45, 7) is 6.34. The number of anilines is 1. The van der Waals surface area contributed by atoms with Gasteiger partial charge in [-0.2, -0.15) is 0 Å². The van der Waals surface area contributed by atoms with Gasteiger partial charge in [-0.25, -0.2) is 4.98 Å². The predicted octanol–water partition coefficient (Wildman–Crippen LogP) is 4.05. The molecule has 2 aromatic rings. The molecule has 1 heterocycles. The van der Waals surface area contributed by atoms with Gasteiger partial charge in [-0.15, -0.1) is 0 Å². The average Bonchev–Trinajstić information content (AvgIpc) is 3.04. The smallest absolute Gasteiger partial charge is 0.227 e. The van der Waals surface area contributed by atoms with Gasteiger partial charge in [0.1, 0.15) is 5.82 Å². The molecule has 1 N–H and O–H groups in total. The maximum absolute atomic E-state index is 12.2. The van der Waals surface area contributed by atoms with E-state index < -0.39 is 0 Å². The highest BCUT2D eigenvalue weighted by atomic mass is 16.1. The lowest BCUT2D eigenvalue weighted by Gasteiger charge is -2.12. The highest BCUT2D eigenvalue weighted by molar-refractivity contribution is 5.94. The molecule has 0 unspecified atom stereocenters. The molecule has 4 heteroatoms. The van der Waals surface area contributed by atoms with E-state index in [2.05, 4.69) is 34.8 Å². The van der Waals surface area contributed by atoms with E-state index in [1.165, 1.54) is 12.8 Å². The first kappa shape index (κ1) is 14.1. The van der Waals surface area contributed by atoms with Crippen LogP contribution in [0.3, 0.4) is 0 Å². The molecule has 4 nitrogen and oxygen atoms in total. The Labute approximate surface area is 125 Å². The third-order valence-corrected chi connectivity index (χ3v) is 4.38. The van der Waals surface area contributed by atoms with Crippen LogP contribution >= 0.6 is 0 Å². The number of rotatable bonds is 3. The standard InChI is InChI=1S/C17H23N3O/c1-11(2)20-12(3)18-15-10-14(8-9-16(15)20)19-17(21)13-6-4-5-7-13/h8-11,13H,4-7H2,1-3H3,(H,19,21). The Balaban J connectivity index is 1.86. The van der Waals surface area contributed by atoms with E-state index in [1.807, 2.05) is 19.1 Å². The number of carbonyl (C=O) groups excluding carboxylic acids is 1. The van der Waals surface area contributed by atoms with Gasteiger partial charge in [0.25, 0.3) is 0 Å². The zero-order valence-corrected chi connectivity index (χ0v) is 13.0. The molecule has 1 amide bonds. The molecule has 1 aliphatic rings. The molecule has 0 saturated heterocycles. The maximum Gasteiger partial charge on any atom is 0.227 e. The lowest BCUT2D eigenvalue weighted by Crippen LogP contribution is -2.20. The fraction of sp³-hybridized carbons (Fsp3) is 0.529. The van der Waals surface area contributed by atoms with Crippen LogP contribution in [-0.4, -0.2) is 15.5 Å². The van der Waals surface area contributed by atoms with Crippen molar-refractivity contribution in [2.24, 2.45) is 5.92 Å². The van der Waals surface area contributed by atoms with Gasteiger partial charge in [-0.3, -0.25) is 4.79 Å². The lowest BCUT2D eigenvalue weighted by atomic mass is 10.1. The predicted molar refractivity (Wildman–Crippen MR) is 85.4 cm³/mol. The Morgan fingerprint density at radius 2 is 2.05 bits per heavy atom. The van der Waals surface area contributed by atoms with Crippen molar-refractivity contribution in [2.45, 2.75) is 52.5 Å². The van der Waals surface area contributed by atoms with E-state index in [-0.39, 0.29) is 11.8 Å². The molecule has 0 spiro atoms. The van der Waals surface area contributed by atoms with E-state index in [0.717, 1.165) is 35.4 Å². The largest absolute Gasteiger partial charge is 0.326 e. The monoisotopic (exact) mass is 285 g/mol. The second-order valence-corrected chi connectivity index (χ2v) is 6.30. The first-order chi connectivity index (χ1) is 10.1. The number of fused-ring (bicyclic) bond motifs is 1. The van der Waals surface area contributed by atoms with Crippen molar-refractivity contribution in [1.82, 2.24) is 9.55 Å². The van der Waals surface area contributed by atoms with E-state index in [9.17, 15) is 4.79 Å². The molecule has 0 aliphatic heterocycles. The van der Waals surface area contributed by atoms with Crippen molar-refractivity contribution in [2.75, 3.05) is 5.32 Å². The maximum atomic E-state index is 12.2. The summed E-state index contributed by atoms with van der Waals surface area (Å²) in [4.78, 5) is 16.8. The van der Waals surface area contributed by atoms with Gasteiger partial charge >= 0.3 is 0 Å². The van der Waals surface area contributed by atoms with E-state index in [0.29, 0.717) is 6.04 Å². The lowest BCUT2D eigenvalue weighted by molar-refractivity contribution is -0.119. The van der Waals surface area contributed by atoms with Gasteiger partial charge in [0.15, 0.2) is 0 Å². The number of benzene rings is 1. The van der Waals surface area contributed by atoms with Crippen molar-refractivity contribution in [1.29, 1.82) is 0 Å². The second-order valence-electron chi connectivity index (χ2n) is 6.30. The van der Waals surface area contributed by atoms with Crippen molar-refractivity contribution < 1.29 is 4.79 Å². The van der Waals surface area contributed by atoms with Crippen LogP contribution in [0.2, 0.25) is 0 Å². The molecular formula is C17H23N3O. The topological polar surface area (TPSA) is 46.9 Å². The molecule has 0 radical (unpaired) electrons. The summed E-state index contributed by atoms with van der Waals surface area (Å²) in [5, 5.41) is 3.05. The number of carbonyl (C=O) groups is 1. The number of aromatic nitrogens is 2. The van der Waals surface area contributed by atoms with Crippen molar-refractivity contribution in [3.63, 3.8) is 0 Å². The summed E-state index contributed by atoms with van der Waals surface area (Å²) in [7, 11) is 0. The zero-order valence-electron chi connectivity index (χ0n) is 13.0. The molecule has 1 aromatic carbocycles. The quantitative estimate of drug-likeness (QED) is 0.924. The van der Waals surface area contributed by atoms with Crippen LogP contribution in [0.25, 0.3) is 11.0 Å². The number of nitrogens with zero attached hydrogens (tertiary/aromatic N) is 2. The minimum atomic E-state index is 0.159. The van der Waals surface area contributed by atoms with E-state index >= 15 is 0 Å². The Bertz CT molecular complexity index is 666. The second kappa shape index (κ2) is 5.51. The van der Waals surface area contributed by atoms with Crippen molar-refractivity contribution in [3.05, 3.63) is 24.0 Å². The zero-order chi connectivity index (χ0) is 15.0. The first-order valence-corrected chi connectivity index (χ1v) is 7.85. The molecule has 3 rings (SSSR count). The van der Waals surface area contributed by atoms with Crippen LogP contribution in [-0.2, 0) is 4.79 Å². The minimum absolute atomic E-state index is 0.159. The third kappa shape index (κ3) is 2.67. The molecule has 0 bridgehead atoms. The summed E-state index contributed by atoms with van der Waals surface area (Å²) in [6, 6.07) is 6.40. The number of amides is 1. The molecule has 112 valence electrons. The SMILES string of the molecule is Cc1nc2cc(NC(=O)C3CCCC3)ccc2n1C(C)C. The molecule has 1 fully saturated rings. The summed E-state index contributed by atoms with van der Waals surface area (Å²) < 4.78 is 2.22. The van der Waals surface area contributed by atoms with E-state index in [4.69, 9.17) is 0 Å². The fourth-order valence-corrected chi connectivity index (χ4v) is 3.38. The average molecular weight is 285 g/mol. The highest BCUT2D eigenvalue weighted by Gasteiger charge is 2.22. The van der Waals surface area contributed by atoms with Gasteiger partial charge in [-0.05, 0) is 51.8 Å². The Morgan fingerprint density at radius 3 is 2.71 bits per heavy atom. The number of hydrogen-bond acceptors (Lipinski definition) is 2. The number of nitrogens with one attached hydrogen (secondary N) is 1. The summed E-state index contributed by atoms with van der Waals surface area (Å²) in [5.74, 6) is 1.36. The number of hydrogen-bond donors (Lipinski definition) is 1. The minimum Gasteiger partial charge on any atom is -0.326 e. The van der Waals surface area contributed by atoms with Crippen LogP contribution in [0.1, 0.15) is 51.4 Å². The van der Waals surface area contributed by atoms with Crippen LogP contribution in [0, 0.1) is 12.8 Å². The normalized spacial score (nSPS) is 16.0. The Kier molecular flexibility index (Phi) is 3.70. The van der Waals surface area contributed by atoms with E-state index in [1.54, 1.807) is 0 Å².